The van der Waals surface area contributed by atoms with Gasteiger partial charge in [-0.25, -0.2) is 14.6 Å². The second-order valence-corrected chi connectivity index (χ2v) is 7.79. The number of carboxylic acids is 1. The van der Waals surface area contributed by atoms with Crippen molar-refractivity contribution < 1.29 is 33.6 Å². The number of anilines is 1. The lowest BCUT2D eigenvalue weighted by Crippen LogP contribution is -2.27. The van der Waals surface area contributed by atoms with E-state index in [4.69, 9.17) is 24.1 Å². The van der Waals surface area contributed by atoms with Gasteiger partial charge in [-0.1, -0.05) is 0 Å². The molecule has 1 amide bonds. The van der Waals surface area contributed by atoms with Gasteiger partial charge >= 0.3 is 12.1 Å². The van der Waals surface area contributed by atoms with E-state index < -0.39 is 17.7 Å². The van der Waals surface area contributed by atoms with Gasteiger partial charge in [0.1, 0.15) is 23.7 Å². The molecule has 1 aromatic heterocycles. The number of amides is 1. The molecule has 0 aliphatic rings. The predicted octanol–water partition coefficient (Wildman–Crippen LogP) is 4.65. The summed E-state index contributed by atoms with van der Waals surface area (Å²) in [6.45, 7) is 7.87. The number of aliphatic carboxylic acids is 1. The number of aromatic nitrogens is 1. The van der Waals surface area contributed by atoms with Crippen molar-refractivity contribution in [3.63, 3.8) is 0 Å². The Morgan fingerprint density at radius 3 is 2.56 bits per heavy atom. The normalized spacial score (nSPS) is 11.3. The highest BCUT2D eigenvalue weighted by Crippen LogP contribution is 2.32. The van der Waals surface area contributed by atoms with Crippen LogP contribution in [0.1, 0.15) is 31.9 Å². The van der Waals surface area contributed by atoms with Gasteiger partial charge in [0.15, 0.2) is 0 Å². The lowest BCUT2D eigenvalue weighted by molar-refractivity contribution is -0.131. The van der Waals surface area contributed by atoms with Gasteiger partial charge in [0, 0.05) is 30.4 Å². The Kier molecular flexibility index (Phi) is 8.60. The van der Waals surface area contributed by atoms with Crippen LogP contribution in [0.25, 0.3) is 6.08 Å². The Morgan fingerprint density at radius 2 is 1.94 bits per heavy atom. The molecule has 32 heavy (non-hydrogen) atoms. The number of carbonyl (C=O) groups excluding carboxylic acids is 1. The van der Waals surface area contributed by atoms with E-state index in [0.717, 1.165) is 6.08 Å². The first-order valence-electron chi connectivity index (χ1n) is 9.88. The lowest BCUT2D eigenvalue weighted by Gasteiger charge is -2.19. The van der Waals surface area contributed by atoms with Gasteiger partial charge in [-0.15, -0.1) is 0 Å². The summed E-state index contributed by atoms with van der Waals surface area (Å²) >= 11 is 0. The van der Waals surface area contributed by atoms with Crippen LogP contribution in [0.15, 0.2) is 36.5 Å². The first-order valence-corrected chi connectivity index (χ1v) is 9.88. The molecule has 2 rings (SSSR count). The molecule has 0 aliphatic carbocycles. The fourth-order valence-electron chi connectivity index (χ4n) is 2.50. The molecule has 0 saturated carbocycles. The summed E-state index contributed by atoms with van der Waals surface area (Å²) in [6.07, 6.45) is 3.29. The van der Waals surface area contributed by atoms with Crippen molar-refractivity contribution in [2.45, 2.75) is 33.3 Å². The molecular weight excluding hydrogens is 416 g/mol. The minimum Gasteiger partial charge on any atom is -0.491 e. The molecule has 0 saturated heterocycles. The van der Waals surface area contributed by atoms with Gasteiger partial charge in [-0.2, -0.15) is 0 Å². The van der Waals surface area contributed by atoms with Crippen LogP contribution in [0.5, 0.6) is 17.4 Å². The second kappa shape index (κ2) is 11.1. The first-order chi connectivity index (χ1) is 15.1. The van der Waals surface area contributed by atoms with E-state index in [-0.39, 0.29) is 0 Å². The summed E-state index contributed by atoms with van der Waals surface area (Å²) in [4.78, 5) is 27.2. The molecule has 1 heterocycles. The number of hydrogen-bond acceptors (Lipinski definition) is 7. The summed E-state index contributed by atoms with van der Waals surface area (Å²) in [5.74, 6) is 0.105. The highest BCUT2D eigenvalue weighted by atomic mass is 16.6. The van der Waals surface area contributed by atoms with Crippen LogP contribution in [0.2, 0.25) is 0 Å². The third kappa shape index (κ3) is 8.27. The van der Waals surface area contributed by atoms with Crippen molar-refractivity contribution in [2.75, 3.05) is 25.6 Å². The second-order valence-electron chi connectivity index (χ2n) is 7.79. The van der Waals surface area contributed by atoms with E-state index in [1.165, 1.54) is 12.3 Å². The number of ether oxygens (including phenoxy) is 4. The third-order valence-electron chi connectivity index (χ3n) is 3.83. The molecule has 2 aromatic rings. The molecule has 9 heteroatoms. The van der Waals surface area contributed by atoms with Gasteiger partial charge in [0.05, 0.1) is 18.5 Å². The topological polar surface area (TPSA) is 116 Å². The zero-order chi connectivity index (χ0) is 23.7. The molecule has 1 aromatic carbocycles. The highest BCUT2D eigenvalue weighted by Gasteiger charge is 2.17. The molecule has 0 aliphatic heterocycles. The van der Waals surface area contributed by atoms with Crippen molar-refractivity contribution in [3.8, 4) is 17.4 Å². The fourth-order valence-corrected chi connectivity index (χ4v) is 2.50. The minimum absolute atomic E-state index is 0.291. The van der Waals surface area contributed by atoms with E-state index in [2.05, 4.69) is 10.3 Å². The van der Waals surface area contributed by atoms with Crippen LogP contribution in [-0.4, -0.2) is 48.1 Å². The summed E-state index contributed by atoms with van der Waals surface area (Å²) in [6, 6.07) is 6.73. The minimum atomic E-state index is -1.08. The number of carbonyl (C=O) groups is 2. The zero-order valence-corrected chi connectivity index (χ0v) is 18.8. The highest BCUT2D eigenvalue weighted by molar-refractivity contribution is 5.86. The van der Waals surface area contributed by atoms with Crippen LogP contribution in [0.3, 0.4) is 0 Å². The fraction of sp³-hybridized carbons (Fsp3) is 0.348. The van der Waals surface area contributed by atoms with Crippen LogP contribution in [0, 0.1) is 6.92 Å². The standard InChI is InChI=1S/C23H28N2O7/c1-15-12-17(25-22(28)32-23(2,3)4)14-24-21(15)31-19-13-18(30-11-10-29-5)8-6-16(19)7-9-20(26)27/h6-9,12-14H,10-11H2,1-5H3,(H,25,28)(H,26,27). The average Bonchev–Trinajstić information content (AvgIpc) is 2.68. The SMILES string of the molecule is COCCOc1ccc(C=CC(=O)O)c(Oc2ncc(NC(=O)OC(C)(C)C)cc2C)c1. The van der Waals surface area contributed by atoms with Crippen molar-refractivity contribution in [3.05, 3.63) is 47.7 Å². The summed E-state index contributed by atoms with van der Waals surface area (Å²) in [5.41, 5.74) is 1.01. The number of hydrogen-bond donors (Lipinski definition) is 2. The summed E-state index contributed by atoms with van der Waals surface area (Å²) < 4.78 is 21.8. The van der Waals surface area contributed by atoms with Crippen LogP contribution < -0.4 is 14.8 Å². The van der Waals surface area contributed by atoms with E-state index in [1.54, 1.807) is 59.1 Å². The van der Waals surface area contributed by atoms with Crippen LogP contribution in [0.4, 0.5) is 10.5 Å². The van der Waals surface area contributed by atoms with Gasteiger partial charge in [-0.3, -0.25) is 5.32 Å². The van der Waals surface area contributed by atoms with Gasteiger partial charge in [0.25, 0.3) is 0 Å². The number of rotatable bonds is 9. The van der Waals surface area contributed by atoms with Gasteiger partial charge in [0.2, 0.25) is 5.88 Å². The molecule has 0 atom stereocenters. The number of carboxylic acid groups (broad SMARTS) is 1. The molecule has 0 bridgehead atoms. The van der Waals surface area contributed by atoms with E-state index >= 15 is 0 Å². The lowest BCUT2D eigenvalue weighted by atomic mass is 10.1. The van der Waals surface area contributed by atoms with E-state index in [9.17, 15) is 9.59 Å². The maximum atomic E-state index is 12.0. The number of nitrogens with zero attached hydrogens (tertiary/aromatic N) is 1. The molecule has 0 spiro atoms. The smallest absolute Gasteiger partial charge is 0.412 e. The molecular formula is C23H28N2O7. The quantitative estimate of drug-likeness (QED) is 0.424. The Labute approximate surface area is 187 Å². The molecule has 0 radical (unpaired) electrons. The Hall–Kier alpha value is -3.59. The van der Waals surface area contributed by atoms with Crippen molar-refractivity contribution in [1.82, 2.24) is 4.98 Å². The van der Waals surface area contributed by atoms with Crippen molar-refractivity contribution >= 4 is 23.8 Å². The third-order valence-corrected chi connectivity index (χ3v) is 3.83. The van der Waals surface area contributed by atoms with Crippen molar-refractivity contribution in [1.29, 1.82) is 0 Å². The molecule has 172 valence electrons. The van der Waals surface area contributed by atoms with E-state index in [1.807, 2.05) is 0 Å². The monoisotopic (exact) mass is 444 g/mol. The number of nitrogens with one attached hydrogen (secondary N) is 1. The predicted molar refractivity (Wildman–Crippen MR) is 119 cm³/mol. The average molecular weight is 444 g/mol. The maximum absolute atomic E-state index is 12.0. The first kappa shape index (κ1) is 24.7. The Morgan fingerprint density at radius 1 is 1.19 bits per heavy atom. The number of benzene rings is 1. The molecule has 9 nitrogen and oxygen atoms in total. The molecule has 2 N–H and O–H groups in total. The zero-order valence-electron chi connectivity index (χ0n) is 18.8. The summed E-state index contributed by atoms with van der Waals surface area (Å²) in [5, 5.41) is 11.6. The summed E-state index contributed by atoms with van der Waals surface area (Å²) in [7, 11) is 1.58. The Balaban J connectivity index is 2.24. The van der Waals surface area contributed by atoms with Crippen molar-refractivity contribution in [2.24, 2.45) is 0 Å². The molecule has 0 fully saturated rings. The molecule has 0 unspecified atom stereocenters. The van der Waals surface area contributed by atoms with E-state index in [0.29, 0.717) is 47.4 Å². The van der Waals surface area contributed by atoms with Crippen LogP contribution in [-0.2, 0) is 14.3 Å². The van der Waals surface area contributed by atoms with Crippen LogP contribution >= 0.6 is 0 Å². The largest absolute Gasteiger partial charge is 0.491 e. The number of methoxy groups -OCH3 is 1. The van der Waals surface area contributed by atoms with Gasteiger partial charge < -0.3 is 24.1 Å². The van der Waals surface area contributed by atoms with Gasteiger partial charge in [-0.05, 0) is 52.0 Å². The number of pyridine rings is 1. The number of aryl methyl sites for hydroxylation is 1. The maximum Gasteiger partial charge on any atom is 0.412 e. The Bertz CT molecular complexity index is 981.